The molecule has 1 aromatic carbocycles. The van der Waals surface area contributed by atoms with Crippen LogP contribution in [-0.2, 0) is 5.41 Å². The highest BCUT2D eigenvalue weighted by atomic mass is 35.5. The van der Waals surface area contributed by atoms with Gasteiger partial charge in [-0.3, -0.25) is 0 Å². The van der Waals surface area contributed by atoms with Gasteiger partial charge in [0.15, 0.2) is 0 Å². The Labute approximate surface area is 138 Å². The van der Waals surface area contributed by atoms with E-state index in [2.05, 4.69) is 22.3 Å². The number of likely N-dealkylation sites (tertiary alicyclic amines) is 1. The molecule has 22 heavy (non-hydrogen) atoms. The monoisotopic (exact) mass is 316 g/mol. The maximum Gasteiger partial charge on any atom is 0.0410 e. The van der Waals surface area contributed by atoms with E-state index in [1.807, 2.05) is 6.07 Å². The molecule has 3 atom stereocenters. The molecule has 5 rings (SSSR count). The third kappa shape index (κ3) is 1.96. The number of rotatable bonds is 1. The molecule has 1 spiro atoms. The van der Waals surface area contributed by atoms with Gasteiger partial charge in [0.25, 0.3) is 0 Å². The Hall–Kier alpha value is -0.730. The second-order valence-corrected chi connectivity index (χ2v) is 8.54. The smallest absolute Gasteiger partial charge is 0.0410 e. The van der Waals surface area contributed by atoms with Crippen LogP contribution in [0.1, 0.15) is 44.1 Å². The highest BCUT2D eigenvalue weighted by Crippen LogP contribution is 2.50. The number of benzene rings is 1. The lowest BCUT2D eigenvalue weighted by atomic mass is 9.73. The van der Waals surface area contributed by atoms with Crippen molar-refractivity contribution in [1.82, 2.24) is 4.90 Å². The maximum atomic E-state index is 6.26. The molecule has 3 heteroatoms. The van der Waals surface area contributed by atoms with Gasteiger partial charge in [0.05, 0.1) is 0 Å². The Bertz CT molecular complexity index is 591. The van der Waals surface area contributed by atoms with E-state index in [-0.39, 0.29) is 0 Å². The predicted molar refractivity (Wildman–Crippen MR) is 91.7 cm³/mol. The molecule has 0 aromatic heterocycles. The van der Waals surface area contributed by atoms with Crippen LogP contribution in [0.4, 0.5) is 5.69 Å². The molecule has 3 unspecified atom stereocenters. The van der Waals surface area contributed by atoms with Gasteiger partial charge in [-0.1, -0.05) is 18.0 Å². The molecule has 1 saturated heterocycles. The molecule has 1 aromatic rings. The van der Waals surface area contributed by atoms with Crippen molar-refractivity contribution in [2.75, 3.05) is 25.0 Å². The van der Waals surface area contributed by atoms with Gasteiger partial charge in [-0.15, -0.1) is 0 Å². The van der Waals surface area contributed by atoms with Crippen molar-refractivity contribution in [2.45, 2.75) is 50.0 Å². The number of nitrogens with one attached hydrogen (secondary N) is 1. The Morgan fingerprint density at radius 2 is 2.00 bits per heavy atom. The van der Waals surface area contributed by atoms with Gasteiger partial charge >= 0.3 is 0 Å². The zero-order valence-corrected chi connectivity index (χ0v) is 13.9. The summed E-state index contributed by atoms with van der Waals surface area (Å²) >= 11 is 6.26. The lowest BCUT2D eigenvalue weighted by Gasteiger charge is -2.44. The van der Waals surface area contributed by atoms with E-state index in [4.69, 9.17) is 11.6 Å². The van der Waals surface area contributed by atoms with E-state index in [1.54, 1.807) is 0 Å². The van der Waals surface area contributed by atoms with Crippen molar-refractivity contribution in [3.63, 3.8) is 0 Å². The van der Waals surface area contributed by atoms with Gasteiger partial charge in [0.1, 0.15) is 0 Å². The highest BCUT2D eigenvalue weighted by molar-refractivity contribution is 6.30. The van der Waals surface area contributed by atoms with Crippen LogP contribution in [0.5, 0.6) is 0 Å². The molecule has 2 heterocycles. The first kappa shape index (κ1) is 13.7. The topological polar surface area (TPSA) is 15.3 Å². The number of anilines is 1. The molecule has 2 nitrogen and oxygen atoms in total. The summed E-state index contributed by atoms with van der Waals surface area (Å²) in [5.41, 5.74) is 3.14. The van der Waals surface area contributed by atoms with Crippen LogP contribution >= 0.6 is 11.6 Å². The Morgan fingerprint density at radius 3 is 2.73 bits per heavy atom. The van der Waals surface area contributed by atoms with E-state index in [1.165, 1.54) is 62.9 Å². The van der Waals surface area contributed by atoms with Crippen molar-refractivity contribution >= 4 is 17.3 Å². The van der Waals surface area contributed by atoms with Crippen LogP contribution in [0.15, 0.2) is 18.2 Å². The number of hydrogen-bond acceptors (Lipinski definition) is 2. The maximum absolute atomic E-state index is 6.26. The van der Waals surface area contributed by atoms with Crippen molar-refractivity contribution in [3.05, 3.63) is 28.8 Å². The number of nitrogens with zero attached hydrogens (tertiary/aromatic N) is 1. The molecule has 3 fully saturated rings. The summed E-state index contributed by atoms with van der Waals surface area (Å²) < 4.78 is 0. The van der Waals surface area contributed by atoms with Gasteiger partial charge in [0.2, 0.25) is 0 Å². The molecular formula is C19H25ClN2. The normalized spacial score (nSPS) is 35.8. The molecule has 4 aliphatic rings. The Morgan fingerprint density at radius 1 is 1.14 bits per heavy atom. The van der Waals surface area contributed by atoms with Gasteiger partial charge in [-0.25, -0.2) is 0 Å². The standard InChI is InChI=1S/C19H25ClN2/c20-15-3-4-17-16(11-15)19(12-21-17)5-7-22(8-6-19)18-10-13-1-2-14(18)9-13/h3-4,11,13-14,18,21H,1-2,5-10,12H2. The second kappa shape index (κ2) is 4.88. The SMILES string of the molecule is Clc1ccc2c(c1)C1(CCN(C3CC4CCC3C4)CC1)CN2. The van der Waals surface area contributed by atoms with Gasteiger partial charge in [-0.05, 0) is 80.8 Å². The first-order chi connectivity index (χ1) is 10.7. The van der Waals surface area contributed by atoms with Crippen molar-refractivity contribution in [1.29, 1.82) is 0 Å². The molecule has 2 aliphatic carbocycles. The fraction of sp³-hybridized carbons (Fsp3) is 0.684. The molecule has 2 bridgehead atoms. The molecular weight excluding hydrogens is 292 g/mol. The Balaban J connectivity index is 1.34. The lowest BCUT2D eigenvalue weighted by molar-refractivity contribution is 0.0887. The molecule has 0 amide bonds. The minimum absolute atomic E-state index is 0.342. The first-order valence-electron chi connectivity index (χ1n) is 9.01. The predicted octanol–water partition coefficient (Wildman–Crippen LogP) is 4.29. The van der Waals surface area contributed by atoms with E-state index in [0.29, 0.717) is 5.41 Å². The lowest BCUT2D eigenvalue weighted by Crippen LogP contribution is -2.49. The van der Waals surface area contributed by atoms with Gasteiger partial charge < -0.3 is 10.2 Å². The zero-order valence-electron chi connectivity index (χ0n) is 13.2. The molecule has 118 valence electrons. The molecule has 0 radical (unpaired) electrons. The summed E-state index contributed by atoms with van der Waals surface area (Å²) in [4.78, 5) is 2.83. The minimum Gasteiger partial charge on any atom is -0.384 e. The van der Waals surface area contributed by atoms with E-state index in [9.17, 15) is 0 Å². The molecule has 2 saturated carbocycles. The number of fused-ring (bicyclic) bond motifs is 4. The summed E-state index contributed by atoms with van der Waals surface area (Å²) in [5, 5.41) is 4.51. The fourth-order valence-corrected chi connectivity index (χ4v) is 6.03. The van der Waals surface area contributed by atoms with Crippen LogP contribution in [0.2, 0.25) is 5.02 Å². The zero-order chi connectivity index (χ0) is 14.7. The van der Waals surface area contributed by atoms with Crippen molar-refractivity contribution in [2.24, 2.45) is 11.8 Å². The minimum atomic E-state index is 0.342. The second-order valence-electron chi connectivity index (χ2n) is 8.10. The average Bonchev–Trinajstić information content (AvgIpc) is 3.24. The summed E-state index contributed by atoms with van der Waals surface area (Å²) in [6.07, 6.45) is 8.60. The van der Waals surface area contributed by atoms with Crippen LogP contribution in [0.25, 0.3) is 0 Å². The molecule has 1 N–H and O–H groups in total. The molecule has 2 aliphatic heterocycles. The van der Waals surface area contributed by atoms with Crippen molar-refractivity contribution in [3.8, 4) is 0 Å². The quantitative estimate of drug-likeness (QED) is 0.831. The summed E-state index contributed by atoms with van der Waals surface area (Å²) in [7, 11) is 0. The first-order valence-corrected chi connectivity index (χ1v) is 9.39. The van der Waals surface area contributed by atoms with Gasteiger partial charge in [0, 0.05) is 28.7 Å². The highest BCUT2D eigenvalue weighted by Gasteiger charge is 2.46. The third-order valence-electron chi connectivity index (χ3n) is 7.10. The fourth-order valence-electron chi connectivity index (χ4n) is 5.86. The van der Waals surface area contributed by atoms with Gasteiger partial charge in [-0.2, -0.15) is 0 Å². The van der Waals surface area contributed by atoms with Crippen LogP contribution in [0.3, 0.4) is 0 Å². The average molecular weight is 317 g/mol. The van der Waals surface area contributed by atoms with E-state index in [0.717, 1.165) is 29.4 Å². The van der Waals surface area contributed by atoms with E-state index < -0.39 is 0 Å². The van der Waals surface area contributed by atoms with Crippen LogP contribution < -0.4 is 5.32 Å². The number of halogens is 1. The summed E-state index contributed by atoms with van der Waals surface area (Å²) in [6, 6.07) is 7.29. The number of hydrogen-bond donors (Lipinski definition) is 1. The summed E-state index contributed by atoms with van der Waals surface area (Å²) in [5.74, 6) is 2.07. The number of piperidine rings is 1. The summed E-state index contributed by atoms with van der Waals surface area (Å²) in [6.45, 7) is 3.66. The van der Waals surface area contributed by atoms with Crippen LogP contribution in [0, 0.1) is 11.8 Å². The van der Waals surface area contributed by atoms with Crippen LogP contribution in [-0.4, -0.2) is 30.6 Å². The van der Waals surface area contributed by atoms with Crippen molar-refractivity contribution < 1.29 is 0 Å². The largest absolute Gasteiger partial charge is 0.384 e. The van der Waals surface area contributed by atoms with E-state index >= 15 is 0 Å². The Kier molecular flexibility index (Phi) is 3.04. The third-order valence-corrected chi connectivity index (χ3v) is 7.33.